The first-order valence-corrected chi connectivity index (χ1v) is 3.28. The van der Waals surface area contributed by atoms with Crippen molar-refractivity contribution in [2.24, 2.45) is 0 Å². The summed E-state index contributed by atoms with van der Waals surface area (Å²) in [6, 6.07) is 0. The van der Waals surface area contributed by atoms with E-state index in [9.17, 15) is 5.21 Å². The molecule has 0 aliphatic heterocycles. The fourth-order valence-electron chi connectivity index (χ4n) is 0.0833. The highest BCUT2D eigenvalue weighted by molar-refractivity contribution is 5.49. The average Bonchev–Trinajstić information content (AvgIpc) is 2.09. The predicted molar refractivity (Wildman–Crippen MR) is 55.0 cm³/mol. The van der Waals surface area contributed by atoms with E-state index < -0.39 is 0 Å². The Labute approximate surface area is 82.2 Å². The van der Waals surface area contributed by atoms with Crippen LogP contribution in [0.15, 0.2) is 0 Å². The van der Waals surface area contributed by atoms with Gasteiger partial charge in [-0.15, -0.1) is 0 Å². The SMILES string of the molecule is C=[NH+][O-].C=[NH+][O-].C=[NH+][O-].CCC=[NH+][O-]. The quantitative estimate of drug-likeness (QED) is 0.193. The molecule has 0 aromatic heterocycles. The van der Waals surface area contributed by atoms with Crippen LogP contribution in [0.4, 0.5) is 0 Å². The molecule has 0 radical (unpaired) electrons. The lowest BCUT2D eigenvalue weighted by Crippen LogP contribution is -2.59. The van der Waals surface area contributed by atoms with Gasteiger partial charge in [-0.3, -0.25) is 0 Å². The molecule has 0 fully saturated rings. The van der Waals surface area contributed by atoms with Crippen molar-refractivity contribution in [1.82, 2.24) is 0 Å². The maximum absolute atomic E-state index is 9.22. The summed E-state index contributed by atoms with van der Waals surface area (Å²) in [5.74, 6) is 0. The summed E-state index contributed by atoms with van der Waals surface area (Å²) < 4.78 is 0. The molecule has 0 heterocycles. The molecule has 0 aliphatic carbocycles. The summed E-state index contributed by atoms with van der Waals surface area (Å²) in [4.78, 5) is 0. The van der Waals surface area contributed by atoms with Crippen LogP contribution in [0.5, 0.6) is 0 Å². The molecule has 8 nitrogen and oxygen atoms in total. The normalized spacial score (nSPS) is 6.07. The van der Waals surface area contributed by atoms with Gasteiger partial charge in [0.15, 0.2) is 0 Å². The summed E-state index contributed by atoms with van der Waals surface area (Å²) >= 11 is 0. The molecule has 0 aromatic rings. The lowest BCUT2D eigenvalue weighted by atomic mass is 10.6. The standard InChI is InChI=1S/C3H7NO.3CH3NO/c1-2-3-4-5;3*1-2-3/h3-4H,2H2,1H3;3*2H,1H2. The molecule has 0 aromatic carbocycles. The lowest BCUT2D eigenvalue weighted by Gasteiger charge is -1.70. The van der Waals surface area contributed by atoms with E-state index in [2.05, 4.69) is 20.2 Å². The lowest BCUT2D eigenvalue weighted by molar-refractivity contribution is -0.368. The van der Waals surface area contributed by atoms with Gasteiger partial charge in [0.2, 0.25) is 0 Å². The van der Waals surface area contributed by atoms with Crippen molar-refractivity contribution in [2.75, 3.05) is 0 Å². The molecule has 0 spiro atoms. The first-order valence-electron chi connectivity index (χ1n) is 3.28. The van der Waals surface area contributed by atoms with Crippen LogP contribution < -0.4 is 20.6 Å². The van der Waals surface area contributed by atoms with Crippen LogP contribution in [0.1, 0.15) is 13.3 Å². The van der Waals surface area contributed by atoms with Gasteiger partial charge < -0.3 is 20.8 Å². The van der Waals surface area contributed by atoms with Gasteiger partial charge in [-0.1, -0.05) is 6.92 Å². The smallest absolute Gasteiger partial charge is 0.148 e. The third-order valence-corrected chi connectivity index (χ3v) is 0.287. The third kappa shape index (κ3) is 54100. The second kappa shape index (κ2) is 70.5. The van der Waals surface area contributed by atoms with E-state index in [4.69, 9.17) is 15.6 Å². The minimum atomic E-state index is 0.795. The minimum absolute atomic E-state index is 0.795. The van der Waals surface area contributed by atoms with Gasteiger partial charge in [0.1, 0.15) is 26.4 Å². The Morgan fingerprint density at radius 3 is 1.14 bits per heavy atom. The Kier molecular flexibility index (Phi) is 114. The van der Waals surface area contributed by atoms with Crippen LogP contribution in [-0.4, -0.2) is 26.4 Å². The van der Waals surface area contributed by atoms with E-state index in [1.54, 1.807) is 5.16 Å². The van der Waals surface area contributed by atoms with Crippen molar-refractivity contribution in [3.05, 3.63) is 20.8 Å². The zero-order valence-corrected chi connectivity index (χ0v) is 8.04. The molecular formula is C6H16N4O4. The van der Waals surface area contributed by atoms with Crippen molar-refractivity contribution in [3.8, 4) is 0 Å². The largest absolute Gasteiger partial charge is 0.626 e. The Hall–Kier alpha value is -2.12. The molecule has 0 unspecified atom stereocenters. The summed E-state index contributed by atoms with van der Waals surface area (Å²) in [5.41, 5.74) is 0. The minimum Gasteiger partial charge on any atom is -0.626 e. The summed E-state index contributed by atoms with van der Waals surface area (Å²) in [6.45, 7) is 9.94. The average molecular weight is 208 g/mol. The van der Waals surface area contributed by atoms with Gasteiger partial charge in [-0.25, -0.2) is 20.6 Å². The molecule has 8 heteroatoms. The van der Waals surface area contributed by atoms with Gasteiger partial charge in [-0.05, 0) is 0 Å². The van der Waals surface area contributed by atoms with E-state index in [1.807, 2.05) is 6.92 Å². The maximum atomic E-state index is 9.22. The van der Waals surface area contributed by atoms with Gasteiger partial charge in [0.25, 0.3) is 0 Å². The molecule has 4 N–H and O–H groups in total. The molecule has 0 amide bonds. The maximum Gasteiger partial charge on any atom is 0.148 e. The van der Waals surface area contributed by atoms with Gasteiger partial charge in [0, 0.05) is 6.42 Å². The van der Waals surface area contributed by atoms with Gasteiger partial charge >= 0.3 is 0 Å². The van der Waals surface area contributed by atoms with Crippen LogP contribution in [-0.2, 0) is 0 Å². The van der Waals surface area contributed by atoms with Crippen molar-refractivity contribution in [1.29, 1.82) is 0 Å². The Balaban J connectivity index is -0.0000000495. The molecule has 0 atom stereocenters. The number of rotatable bonds is 1. The highest BCUT2D eigenvalue weighted by atomic mass is 16.4. The van der Waals surface area contributed by atoms with Crippen LogP contribution >= 0.6 is 0 Å². The molecule has 0 saturated carbocycles. The monoisotopic (exact) mass is 208 g/mol. The molecule has 0 aliphatic rings. The Bertz CT molecular complexity index is 115. The number of nitrogens with one attached hydrogen (secondary N) is 4. The van der Waals surface area contributed by atoms with Crippen molar-refractivity contribution < 1.29 is 20.6 Å². The summed E-state index contributed by atoms with van der Waals surface area (Å²) in [6.07, 6.45) is 2.24. The van der Waals surface area contributed by atoms with Crippen LogP contribution in [0, 0.1) is 20.8 Å². The summed E-state index contributed by atoms with van der Waals surface area (Å²) in [5, 5.41) is 40.3. The fraction of sp³-hybridized carbons (Fsp3) is 0.333. The second-order valence-electron chi connectivity index (χ2n) is 1.16. The molecule has 0 rings (SSSR count). The topological polar surface area (TPSA) is 148 Å². The highest BCUT2D eigenvalue weighted by Gasteiger charge is 1.58. The summed E-state index contributed by atoms with van der Waals surface area (Å²) in [7, 11) is 0. The molecule has 84 valence electrons. The fourth-order valence-corrected chi connectivity index (χ4v) is 0.0833. The molecular weight excluding hydrogens is 192 g/mol. The van der Waals surface area contributed by atoms with E-state index in [-0.39, 0.29) is 0 Å². The zero-order valence-electron chi connectivity index (χ0n) is 8.04. The molecule has 0 bridgehead atoms. The zero-order chi connectivity index (χ0) is 12.2. The Morgan fingerprint density at radius 2 is 1.14 bits per heavy atom. The van der Waals surface area contributed by atoms with E-state index >= 15 is 0 Å². The molecule has 0 saturated heterocycles. The van der Waals surface area contributed by atoms with Gasteiger partial charge in [0.05, 0.1) is 0 Å². The molecule has 14 heavy (non-hydrogen) atoms. The van der Waals surface area contributed by atoms with E-state index in [0.717, 1.165) is 6.42 Å². The number of hydrogen-bond acceptors (Lipinski definition) is 4. The Morgan fingerprint density at radius 1 is 0.929 bits per heavy atom. The van der Waals surface area contributed by atoms with Crippen LogP contribution in [0.2, 0.25) is 0 Å². The van der Waals surface area contributed by atoms with E-state index in [0.29, 0.717) is 0 Å². The third-order valence-electron chi connectivity index (χ3n) is 0.287. The highest BCUT2D eigenvalue weighted by Crippen LogP contribution is 1.50. The van der Waals surface area contributed by atoms with Crippen molar-refractivity contribution >= 4 is 26.4 Å². The predicted octanol–water partition coefficient (Wildman–Crippen LogP) is -6.16. The first-order chi connectivity index (χ1) is 6.66. The second-order valence-corrected chi connectivity index (χ2v) is 1.16. The van der Waals surface area contributed by atoms with Gasteiger partial charge in [-0.2, -0.15) is 0 Å². The number of hydrogen-bond donors (Lipinski definition) is 4. The van der Waals surface area contributed by atoms with Crippen molar-refractivity contribution in [2.45, 2.75) is 13.3 Å². The van der Waals surface area contributed by atoms with Crippen LogP contribution in [0.3, 0.4) is 0 Å². The first kappa shape index (κ1) is 22.6. The van der Waals surface area contributed by atoms with E-state index in [1.165, 1.54) is 21.7 Å². The van der Waals surface area contributed by atoms with Crippen LogP contribution in [0.25, 0.3) is 0 Å². The van der Waals surface area contributed by atoms with Crippen molar-refractivity contribution in [3.63, 3.8) is 0 Å².